The van der Waals surface area contributed by atoms with E-state index in [-0.39, 0.29) is 12.1 Å². The first-order chi connectivity index (χ1) is 11.5. The van der Waals surface area contributed by atoms with E-state index in [9.17, 15) is 14.0 Å². The van der Waals surface area contributed by atoms with Crippen molar-refractivity contribution in [1.82, 2.24) is 10.7 Å². The van der Waals surface area contributed by atoms with E-state index in [0.29, 0.717) is 10.7 Å². The molecule has 2 amide bonds. The first kappa shape index (κ1) is 17.6. The van der Waals surface area contributed by atoms with Crippen molar-refractivity contribution < 1.29 is 14.0 Å². The van der Waals surface area contributed by atoms with Crippen LogP contribution in [0, 0.1) is 5.82 Å². The smallest absolute Gasteiger partial charge is 0.259 e. The number of hydrogen-bond acceptors (Lipinski definition) is 3. The third-order valence-corrected chi connectivity index (χ3v) is 3.39. The van der Waals surface area contributed by atoms with Crippen LogP contribution in [0.25, 0.3) is 0 Å². The van der Waals surface area contributed by atoms with E-state index < -0.39 is 17.6 Å². The Balaban J connectivity index is 1.87. The topological polar surface area (TPSA) is 70.6 Å². The van der Waals surface area contributed by atoms with Gasteiger partial charge in [0, 0.05) is 5.02 Å². The third kappa shape index (κ3) is 4.89. The maximum absolute atomic E-state index is 13.4. The average molecular weight is 348 g/mol. The summed E-state index contributed by atoms with van der Waals surface area (Å²) in [6, 6.07) is 12.5. The number of halogens is 2. The molecule has 2 aromatic rings. The second-order valence-corrected chi connectivity index (χ2v) is 5.34. The van der Waals surface area contributed by atoms with Gasteiger partial charge in [-0.2, -0.15) is 5.10 Å². The van der Waals surface area contributed by atoms with Gasteiger partial charge >= 0.3 is 0 Å². The maximum atomic E-state index is 13.4. The average Bonchev–Trinajstić information content (AvgIpc) is 2.58. The van der Waals surface area contributed by atoms with Crippen LogP contribution in [0.15, 0.2) is 53.6 Å². The molecule has 0 saturated carbocycles. The van der Waals surface area contributed by atoms with E-state index >= 15 is 0 Å². The van der Waals surface area contributed by atoms with E-state index in [2.05, 4.69) is 15.8 Å². The largest absolute Gasteiger partial charge is 0.343 e. The first-order valence-electron chi connectivity index (χ1n) is 7.09. The zero-order valence-corrected chi connectivity index (χ0v) is 13.6. The molecule has 0 fully saturated rings. The minimum absolute atomic E-state index is 0.119. The number of hydrazone groups is 1. The zero-order valence-electron chi connectivity index (χ0n) is 12.8. The summed E-state index contributed by atoms with van der Waals surface area (Å²) < 4.78 is 13.4. The fraction of sp³-hybridized carbons (Fsp3) is 0.118. The lowest BCUT2D eigenvalue weighted by Gasteiger charge is -2.06. The summed E-state index contributed by atoms with van der Waals surface area (Å²) >= 11 is 5.80. The van der Waals surface area contributed by atoms with E-state index in [1.54, 1.807) is 31.2 Å². The van der Waals surface area contributed by atoms with Crippen molar-refractivity contribution in [1.29, 1.82) is 0 Å². The van der Waals surface area contributed by atoms with Gasteiger partial charge in [-0.05, 0) is 36.8 Å². The molecule has 0 heterocycles. The molecule has 24 heavy (non-hydrogen) atoms. The molecule has 0 atom stereocenters. The van der Waals surface area contributed by atoms with Crippen LogP contribution in [0.4, 0.5) is 4.39 Å². The molecule has 0 aliphatic carbocycles. The van der Waals surface area contributed by atoms with Crippen LogP contribution in [-0.4, -0.2) is 24.1 Å². The SMILES string of the molecule is C/C(=N\NC(=O)CNC(=O)c1ccccc1F)c1ccc(Cl)cc1. The molecule has 0 spiro atoms. The Morgan fingerprint density at radius 1 is 1.12 bits per heavy atom. The minimum Gasteiger partial charge on any atom is -0.343 e. The number of carbonyl (C=O) groups is 2. The lowest BCUT2D eigenvalue weighted by molar-refractivity contribution is -0.120. The van der Waals surface area contributed by atoms with Crippen molar-refractivity contribution in [3.63, 3.8) is 0 Å². The normalized spacial score (nSPS) is 11.0. The number of rotatable bonds is 5. The molecule has 0 aromatic heterocycles. The quantitative estimate of drug-likeness (QED) is 0.645. The number of amides is 2. The van der Waals surface area contributed by atoms with Crippen molar-refractivity contribution in [2.45, 2.75) is 6.92 Å². The van der Waals surface area contributed by atoms with Gasteiger partial charge in [-0.1, -0.05) is 35.9 Å². The van der Waals surface area contributed by atoms with Crippen LogP contribution in [0.1, 0.15) is 22.8 Å². The van der Waals surface area contributed by atoms with Gasteiger partial charge in [0.05, 0.1) is 17.8 Å². The van der Waals surface area contributed by atoms with Gasteiger partial charge < -0.3 is 5.32 Å². The molecule has 2 aromatic carbocycles. The molecule has 0 aliphatic rings. The van der Waals surface area contributed by atoms with Gasteiger partial charge in [-0.15, -0.1) is 0 Å². The molecule has 0 radical (unpaired) electrons. The molecule has 0 saturated heterocycles. The second-order valence-electron chi connectivity index (χ2n) is 4.90. The van der Waals surface area contributed by atoms with E-state index in [1.165, 1.54) is 24.3 Å². The summed E-state index contributed by atoms with van der Waals surface area (Å²) in [4.78, 5) is 23.5. The molecule has 5 nitrogen and oxygen atoms in total. The Hall–Kier alpha value is -2.73. The van der Waals surface area contributed by atoms with Crippen LogP contribution in [0.5, 0.6) is 0 Å². The molecule has 0 aliphatic heterocycles. The van der Waals surface area contributed by atoms with E-state index in [0.717, 1.165) is 5.56 Å². The fourth-order valence-electron chi connectivity index (χ4n) is 1.84. The molecule has 0 bridgehead atoms. The van der Waals surface area contributed by atoms with Crippen molar-refractivity contribution in [2.24, 2.45) is 5.10 Å². The standard InChI is InChI=1S/C17H15ClFN3O2/c1-11(12-6-8-13(18)9-7-12)21-22-16(23)10-20-17(24)14-4-2-3-5-15(14)19/h2-9H,10H2,1H3,(H,20,24)(H,22,23)/b21-11+. The number of carbonyl (C=O) groups excluding carboxylic acids is 2. The van der Waals surface area contributed by atoms with Gasteiger partial charge in [0.15, 0.2) is 0 Å². The van der Waals surface area contributed by atoms with E-state index in [1.807, 2.05) is 0 Å². The summed E-state index contributed by atoms with van der Waals surface area (Å²) in [5, 5.41) is 6.88. The lowest BCUT2D eigenvalue weighted by Crippen LogP contribution is -2.35. The van der Waals surface area contributed by atoms with Crippen molar-refractivity contribution in [3.8, 4) is 0 Å². The molecule has 2 rings (SSSR count). The van der Waals surface area contributed by atoms with Gasteiger partial charge in [0.25, 0.3) is 11.8 Å². The summed E-state index contributed by atoms with van der Waals surface area (Å²) in [6.07, 6.45) is 0. The highest BCUT2D eigenvalue weighted by atomic mass is 35.5. The van der Waals surface area contributed by atoms with Crippen LogP contribution >= 0.6 is 11.6 Å². The number of nitrogens with zero attached hydrogens (tertiary/aromatic N) is 1. The summed E-state index contributed by atoms with van der Waals surface area (Å²) in [5.41, 5.74) is 3.59. The predicted molar refractivity (Wildman–Crippen MR) is 90.5 cm³/mol. The number of hydrogen-bond donors (Lipinski definition) is 2. The number of nitrogens with one attached hydrogen (secondary N) is 2. The molecule has 7 heteroatoms. The van der Waals surface area contributed by atoms with Gasteiger partial charge in [0.2, 0.25) is 0 Å². The third-order valence-electron chi connectivity index (χ3n) is 3.14. The lowest BCUT2D eigenvalue weighted by atomic mass is 10.1. The second kappa shape index (κ2) is 8.21. The Kier molecular flexibility index (Phi) is 6.03. The predicted octanol–water partition coefficient (Wildman–Crippen LogP) is 2.75. The minimum atomic E-state index is -0.665. The highest BCUT2D eigenvalue weighted by Gasteiger charge is 2.11. The number of benzene rings is 2. The molecule has 2 N–H and O–H groups in total. The molecule has 0 unspecified atom stereocenters. The van der Waals surface area contributed by atoms with Crippen LogP contribution in [-0.2, 0) is 4.79 Å². The van der Waals surface area contributed by atoms with Gasteiger partial charge in [-0.3, -0.25) is 9.59 Å². The van der Waals surface area contributed by atoms with Crippen molar-refractivity contribution in [3.05, 3.63) is 70.5 Å². The highest BCUT2D eigenvalue weighted by molar-refractivity contribution is 6.30. The Morgan fingerprint density at radius 2 is 1.79 bits per heavy atom. The summed E-state index contributed by atoms with van der Waals surface area (Å²) in [7, 11) is 0. The van der Waals surface area contributed by atoms with Crippen molar-refractivity contribution >= 4 is 29.1 Å². The Labute approximate surface area is 143 Å². The molecule has 124 valence electrons. The Morgan fingerprint density at radius 3 is 2.46 bits per heavy atom. The highest BCUT2D eigenvalue weighted by Crippen LogP contribution is 2.10. The monoisotopic (exact) mass is 347 g/mol. The van der Waals surface area contributed by atoms with E-state index in [4.69, 9.17) is 11.6 Å². The van der Waals surface area contributed by atoms with Gasteiger partial charge in [0.1, 0.15) is 5.82 Å². The fourth-order valence-corrected chi connectivity index (χ4v) is 1.97. The molecular weight excluding hydrogens is 333 g/mol. The Bertz CT molecular complexity index is 776. The van der Waals surface area contributed by atoms with Crippen molar-refractivity contribution in [2.75, 3.05) is 6.54 Å². The molecular formula is C17H15ClFN3O2. The first-order valence-corrected chi connectivity index (χ1v) is 7.47. The van der Waals surface area contributed by atoms with Gasteiger partial charge in [-0.25, -0.2) is 9.82 Å². The summed E-state index contributed by atoms with van der Waals surface area (Å²) in [6.45, 7) is 1.41. The summed E-state index contributed by atoms with van der Waals surface area (Å²) in [5.74, 6) is -1.83. The zero-order chi connectivity index (χ0) is 17.5. The van der Waals surface area contributed by atoms with Crippen LogP contribution < -0.4 is 10.7 Å². The van der Waals surface area contributed by atoms with Crippen LogP contribution in [0.2, 0.25) is 5.02 Å². The van der Waals surface area contributed by atoms with Crippen LogP contribution in [0.3, 0.4) is 0 Å². The maximum Gasteiger partial charge on any atom is 0.259 e.